The Hall–Kier alpha value is -2.71. The van der Waals surface area contributed by atoms with Gasteiger partial charge in [0.1, 0.15) is 11.9 Å². The summed E-state index contributed by atoms with van der Waals surface area (Å²) in [7, 11) is 2.22. The number of carbonyl (C=O) groups is 1. The second kappa shape index (κ2) is 8.32. The molecule has 4 rings (SSSR count). The average molecular weight is 369 g/mol. The minimum Gasteiger partial charge on any atom is -0.346 e. The zero-order valence-electron chi connectivity index (χ0n) is 15.8. The first kappa shape index (κ1) is 19.1. The number of aromatic amines is 1. The highest BCUT2D eigenvalue weighted by molar-refractivity contribution is 6.02. The number of nitrogens with two attached hydrogens (primary N) is 1. The maximum Gasteiger partial charge on any atom is 0.140 e. The number of nitrogens with one attached hydrogen (secondary N) is 2. The predicted octanol–water partition coefficient (Wildman–Crippen LogP) is 2.00. The van der Waals surface area contributed by atoms with Crippen LogP contribution in [0.5, 0.6) is 0 Å². The zero-order chi connectivity index (χ0) is 19.4. The summed E-state index contributed by atoms with van der Waals surface area (Å²) in [5, 5.41) is 9.87. The molecule has 0 spiro atoms. The van der Waals surface area contributed by atoms with E-state index in [-0.39, 0.29) is 6.54 Å². The molecule has 0 radical (unpaired) electrons. The van der Waals surface area contributed by atoms with Gasteiger partial charge < -0.3 is 19.2 Å². The molecular formula is C19H27N7O. The van der Waals surface area contributed by atoms with Gasteiger partial charge >= 0.3 is 0 Å². The fourth-order valence-corrected chi connectivity index (χ4v) is 3.64. The van der Waals surface area contributed by atoms with Crippen molar-refractivity contribution in [3.63, 3.8) is 0 Å². The number of fused-ring (bicyclic) bond motifs is 3. The molecule has 2 unspecified atom stereocenters. The highest BCUT2D eigenvalue weighted by Crippen LogP contribution is 2.33. The van der Waals surface area contributed by atoms with Gasteiger partial charge in [0, 0.05) is 41.9 Å². The number of carbonyl (C=O) groups excluding carboxylic acids is 1. The molecule has 1 saturated heterocycles. The van der Waals surface area contributed by atoms with Crippen molar-refractivity contribution >= 4 is 34.6 Å². The molecule has 0 saturated carbocycles. The standard InChI is InChI=1S/C16H20N4.C3H7N3O/c1-11-4-7-19(2)10-14(11)20-8-5-12-9-18-16-13(15(12)20)3-6-17-16;4-3-6(5)1-2-7/h3,5-6,8-9,11,14H,4,7,10H2,1-2H3,(H,17,18);2-4H,1,5H2. The summed E-state index contributed by atoms with van der Waals surface area (Å²) in [5.41, 5.74) is 2.30. The Balaban J connectivity index is 0.000000260. The van der Waals surface area contributed by atoms with Gasteiger partial charge in [-0.3, -0.25) is 10.4 Å². The number of aldehydes is 1. The number of nitrogens with zero attached hydrogens (tertiary/aromatic N) is 4. The molecular weight excluding hydrogens is 342 g/mol. The van der Waals surface area contributed by atoms with Crippen LogP contribution >= 0.6 is 0 Å². The van der Waals surface area contributed by atoms with Gasteiger partial charge in [-0.05, 0) is 38.1 Å². The molecule has 1 fully saturated rings. The molecule has 4 N–H and O–H groups in total. The van der Waals surface area contributed by atoms with Gasteiger partial charge in [-0.1, -0.05) is 6.92 Å². The first-order chi connectivity index (χ1) is 13.0. The largest absolute Gasteiger partial charge is 0.346 e. The second-order valence-electron chi connectivity index (χ2n) is 7.11. The Morgan fingerprint density at radius 3 is 3.00 bits per heavy atom. The van der Waals surface area contributed by atoms with Gasteiger partial charge in [0.05, 0.1) is 18.4 Å². The monoisotopic (exact) mass is 369 g/mol. The van der Waals surface area contributed by atoms with Crippen molar-refractivity contribution in [1.29, 1.82) is 5.41 Å². The van der Waals surface area contributed by atoms with Crippen molar-refractivity contribution in [2.24, 2.45) is 11.8 Å². The normalized spacial score (nSPS) is 20.3. The van der Waals surface area contributed by atoms with Crippen molar-refractivity contribution in [3.8, 4) is 0 Å². The average Bonchev–Trinajstić information content (AvgIpc) is 3.30. The van der Waals surface area contributed by atoms with Crippen LogP contribution in [-0.4, -0.2) is 63.8 Å². The number of aromatic nitrogens is 3. The molecule has 4 heterocycles. The SMILES string of the molecule is CC1CCN(C)CC1n1ccc2cnc3[nH]ccc3c21.N=CN(N)CC=O. The molecule has 27 heavy (non-hydrogen) atoms. The zero-order valence-corrected chi connectivity index (χ0v) is 15.8. The molecule has 144 valence electrons. The highest BCUT2D eigenvalue weighted by Gasteiger charge is 2.26. The van der Waals surface area contributed by atoms with Crippen molar-refractivity contribution in [2.75, 3.05) is 26.7 Å². The molecule has 0 aromatic carbocycles. The lowest BCUT2D eigenvalue weighted by atomic mass is 9.93. The summed E-state index contributed by atoms with van der Waals surface area (Å²) >= 11 is 0. The number of pyridine rings is 1. The first-order valence-electron chi connectivity index (χ1n) is 9.12. The van der Waals surface area contributed by atoms with Crippen LogP contribution in [-0.2, 0) is 4.79 Å². The van der Waals surface area contributed by atoms with Gasteiger partial charge in [0.2, 0.25) is 0 Å². The summed E-state index contributed by atoms with van der Waals surface area (Å²) in [4.78, 5) is 19.7. The smallest absolute Gasteiger partial charge is 0.140 e. The molecule has 0 amide bonds. The number of H-pyrrole nitrogens is 1. The molecule has 3 aromatic heterocycles. The molecule has 2 atom stereocenters. The Bertz CT molecular complexity index is 915. The lowest BCUT2D eigenvalue weighted by Gasteiger charge is -2.36. The minimum atomic E-state index is 0.0868. The maximum absolute atomic E-state index is 9.55. The fraction of sp³-hybridized carbons (Fsp3) is 0.421. The van der Waals surface area contributed by atoms with Gasteiger partial charge in [0.25, 0.3) is 0 Å². The summed E-state index contributed by atoms with van der Waals surface area (Å²) < 4.78 is 2.47. The van der Waals surface area contributed by atoms with Gasteiger partial charge in [-0.15, -0.1) is 0 Å². The van der Waals surface area contributed by atoms with E-state index in [2.05, 4.69) is 51.7 Å². The number of likely N-dealkylation sites (tertiary alicyclic amines) is 1. The molecule has 8 nitrogen and oxygen atoms in total. The third-order valence-electron chi connectivity index (χ3n) is 5.19. The Morgan fingerprint density at radius 1 is 1.48 bits per heavy atom. The summed E-state index contributed by atoms with van der Waals surface area (Å²) in [6, 6.07) is 4.88. The van der Waals surface area contributed by atoms with Gasteiger partial charge in [-0.2, -0.15) is 0 Å². The van der Waals surface area contributed by atoms with Gasteiger partial charge in [-0.25, -0.2) is 10.8 Å². The van der Waals surface area contributed by atoms with Crippen LogP contribution in [0.1, 0.15) is 19.4 Å². The maximum atomic E-state index is 9.55. The van der Waals surface area contributed by atoms with Crippen molar-refractivity contribution in [3.05, 3.63) is 30.7 Å². The van der Waals surface area contributed by atoms with Crippen LogP contribution in [0, 0.1) is 11.3 Å². The van der Waals surface area contributed by atoms with Crippen LogP contribution in [0.25, 0.3) is 21.9 Å². The van der Waals surface area contributed by atoms with Crippen LogP contribution in [0.3, 0.4) is 0 Å². The number of piperidine rings is 1. The predicted molar refractivity (Wildman–Crippen MR) is 108 cm³/mol. The number of hydrogen-bond acceptors (Lipinski definition) is 5. The third-order valence-corrected chi connectivity index (χ3v) is 5.19. The van der Waals surface area contributed by atoms with Crippen LogP contribution < -0.4 is 5.84 Å². The van der Waals surface area contributed by atoms with E-state index in [0.29, 0.717) is 18.2 Å². The van der Waals surface area contributed by atoms with Crippen LogP contribution in [0.4, 0.5) is 0 Å². The Labute approximate surface area is 158 Å². The number of hydrogen-bond donors (Lipinski definition) is 3. The van der Waals surface area contributed by atoms with E-state index in [4.69, 9.17) is 11.3 Å². The van der Waals surface area contributed by atoms with E-state index in [1.54, 1.807) is 0 Å². The molecule has 8 heteroatoms. The lowest BCUT2D eigenvalue weighted by molar-refractivity contribution is -0.108. The van der Waals surface area contributed by atoms with E-state index in [1.807, 2.05) is 12.4 Å². The molecule has 1 aliphatic heterocycles. The quantitative estimate of drug-likeness (QED) is 0.214. The van der Waals surface area contributed by atoms with Crippen LogP contribution in [0.15, 0.2) is 30.7 Å². The first-order valence-corrected chi connectivity index (χ1v) is 9.12. The van der Waals surface area contributed by atoms with Crippen LogP contribution in [0.2, 0.25) is 0 Å². The highest BCUT2D eigenvalue weighted by atomic mass is 16.1. The van der Waals surface area contributed by atoms with E-state index in [1.165, 1.54) is 29.3 Å². The van der Waals surface area contributed by atoms with Crippen molar-refractivity contribution in [2.45, 2.75) is 19.4 Å². The molecule has 1 aliphatic rings. The fourth-order valence-electron chi connectivity index (χ4n) is 3.64. The summed E-state index contributed by atoms with van der Waals surface area (Å²) in [6.07, 6.45) is 8.97. The molecule has 3 aromatic rings. The second-order valence-corrected chi connectivity index (χ2v) is 7.11. The molecule has 0 bridgehead atoms. The topological polar surface area (TPSA) is 107 Å². The van der Waals surface area contributed by atoms with E-state index in [0.717, 1.165) is 23.5 Å². The van der Waals surface area contributed by atoms with Gasteiger partial charge in [0.15, 0.2) is 0 Å². The van der Waals surface area contributed by atoms with Crippen molar-refractivity contribution in [1.82, 2.24) is 24.4 Å². The number of hydrazine groups is 1. The van der Waals surface area contributed by atoms with E-state index in [9.17, 15) is 4.79 Å². The third kappa shape index (κ3) is 4.01. The summed E-state index contributed by atoms with van der Waals surface area (Å²) in [6.45, 7) is 4.79. The van der Waals surface area contributed by atoms with Crippen molar-refractivity contribution < 1.29 is 4.79 Å². The number of rotatable bonds is 4. The Morgan fingerprint density at radius 2 is 2.30 bits per heavy atom. The van der Waals surface area contributed by atoms with E-state index < -0.39 is 0 Å². The number of likely N-dealkylation sites (N-methyl/N-ethyl adjacent to an activating group) is 1. The lowest BCUT2D eigenvalue weighted by Crippen LogP contribution is -2.38. The minimum absolute atomic E-state index is 0.0868. The Kier molecular flexibility index (Phi) is 5.88. The molecule has 0 aliphatic carbocycles. The summed E-state index contributed by atoms with van der Waals surface area (Å²) in [5.74, 6) is 5.65. The van der Waals surface area contributed by atoms with E-state index >= 15 is 0 Å².